The summed E-state index contributed by atoms with van der Waals surface area (Å²) in [4.78, 5) is 0. The van der Waals surface area contributed by atoms with Gasteiger partial charge in [0, 0.05) is 15.7 Å². The average Bonchev–Trinajstić information content (AvgIpc) is 2.93. The van der Waals surface area contributed by atoms with E-state index in [-0.39, 0.29) is 5.82 Å². The lowest BCUT2D eigenvalue weighted by Gasteiger charge is -2.08. The molecule has 0 spiro atoms. The highest BCUT2D eigenvalue weighted by molar-refractivity contribution is 9.10. The molecule has 7 heteroatoms. The molecule has 0 fully saturated rings. The number of aryl methyl sites for hydroxylation is 1. The van der Waals surface area contributed by atoms with Crippen LogP contribution in [0.25, 0.3) is 17.1 Å². The van der Waals surface area contributed by atoms with Gasteiger partial charge in [0.05, 0.1) is 5.69 Å². The Balaban J connectivity index is 2.17. The van der Waals surface area contributed by atoms with Gasteiger partial charge in [-0.25, -0.2) is 4.39 Å². The maximum atomic E-state index is 13.5. The topological polar surface area (TPSA) is 69.6 Å². The van der Waals surface area contributed by atoms with Gasteiger partial charge in [0.25, 0.3) is 0 Å². The number of nitrogens with two attached hydrogens (primary N) is 1. The van der Waals surface area contributed by atoms with Gasteiger partial charge in [-0.2, -0.15) is 4.68 Å². The lowest BCUT2D eigenvalue weighted by Crippen LogP contribution is -2.02. The first-order chi connectivity index (χ1) is 10.1. The molecule has 2 aromatic carbocycles. The zero-order chi connectivity index (χ0) is 15.0. The molecule has 2 N–H and O–H groups in total. The van der Waals surface area contributed by atoms with Gasteiger partial charge < -0.3 is 5.73 Å². The summed E-state index contributed by atoms with van der Waals surface area (Å²) in [5, 5.41) is 11.6. The van der Waals surface area contributed by atoms with Gasteiger partial charge in [-0.05, 0) is 59.3 Å². The van der Waals surface area contributed by atoms with Gasteiger partial charge in [-0.3, -0.25) is 0 Å². The van der Waals surface area contributed by atoms with Crippen molar-refractivity contribution in [2.75, 3.05) is 5.73 Å². The number of nitrogens with zero attached hydrogens (tertiary/aromatic N) is 4. The molecule has 5 nitrogen and oxygen atoms in total. The minimum absolute atomic E-state index is 0.388. The zero-order valence-electron chi connectivity index (χ0n) is 11.1. The van der Waals surface area contributed by atoms with Crippen molar-refractivity contribution in [3.05, 3.63) is 52.3 Å². The van der Waals surface area contributed by atoms with E-state index in [1.165, 1.54) is 22.9 Å². The number of hydrogen-bond acceptors (Lipinski definition) is 4. The van der Waals surface area contributed by atoms with E-state index in [1.807, 2.05) is 25.1 Å². The Kier molecular flexibility index (Phi) is 3.42. The first-order valence-corrected chi connectivity index (χ1v) is 6.96. The van der Waals surface area contributed by atoms with Crippen LogP contribution in [0.5, 0.6) is 0 Å². The second-order valence-electron chi connectivity index (χ2n) is 4.58. The summed E-state index contributed by atoms with van der Waals surface area (Å²) in [6, 6.07) is 9.83. The molecule has 0 aliphatic carbocycles. The van der Waals surface area contributed by atoms with Crippen molar-refractivity contribution in [3.63, 3.8) is 0 Å². The van der Waals surface area contributed by atoms with E-state index in [4.69, 9.17) is 5.73 Å². The van der Waals surface area contributed by atoms with Gasteiger partial charge >= 0.3 is 0 Å². The van der Waals surface area contributed by atoms with Crippen LogP contribution in [0.4, 0.5) is 10.1 Å². The number of anilines is 1. The third-order valence-corrected chi connectivity index (χ3v) is 4.00. The minimum Gasteiger partial charge on any atom is -0.398 e. The molecule has 0 amide bonds. The van der Waals surface area contributed by atoms with E-state index in [0.29, 0.717) is 17.1 Å². The molecule has 0 aliphatic heterocycles. The summed E-state index contributed by atoms with van der Waals surface area (Å²) in [5.74, 6) is 0.00876. The molecule has 0 bridgehead atoms. The molecule has 0 saturated carbocycles. The number of tetrazole rings is 1. The third kappa shape index (κ3) is 2.52. The molecular formula is C14H11BrFN5. The van der Waals surface area contributed by atoms with Crippen molar-refractivity contribution in [1.82, 2.24) is 20.2 Å². The minimum atomic E-state index is -0.388. The van der Waals surface area contributed by atoms with Crippen LogP contribution >= 0.6 is 15.9 Å². The molecule has 0 radical (unpaired) electrons. The van der Waals surface area contributed by atoms with E-state index >= 15 is 0 Å². The molecule has 21 heavy (non-hydrogen) atoms. The fourth-order valence-corrected chi connectivity index (χ4v) is 2.26. The number of hydrogen-bond donors (Lipinski definition) is 1. The van der Waals surface area contributed by atoms with Crippen LogP contribution in [0.2, 0.25) is 0 Å². The summed E-state index contributed by atoms with van der Waals surface area (Å²) >= 11 is 3.45. The predicted octanol–water partition coefficient (Wildman–Crippen LogP) is 3.12. The Morgan fingerprint density at radius 1 is 1.19 bits per heavy atom. The summed E-state index contributed by atoms with van der Waals surface area (Å²) < 4.78 is 16.0. The predicted molar refractivity (Wildman–Crippen MR) is 81.4 cm³/mol. The molecule has 1 aromatic heterocycles. The Bertz CT molecular complexity index is 815. The maximum Gasteiger partial charge on any atom is 0.189 e. The zero-order valence-corrected chi connectivity index (χ0v) is 12.7. The van der Waals surface area contributed by atoms with Crippen molar-refractivity contribution in [3.8, 4) is 17.1 Å². The maximum absolute atomic E-state index is 13.5. The highest BCUT2D eigenvalue weighted by atomic mass is 79.9. The standard InChI is InChI=1S/C14H11BrFN5/c1-8-6-10(3-4-12(8)15)21-14(18-19-20-21)11-7-9(16)2-5-13(11)17/h2-7H,17H2,1H3. The number of benzene rings is 2. The van der Waals surface area contributed by atoms with Gasteiger partial charge in [0.1, 0.15) is 5.82 Å². The fourth-order valence-electron chi connectivity index (χ4n) is 2.01. The van der Waals surface area contributed by atoms with Gasteiger partial charge in [-0.15, -0.1) is 5.10 Å². The van der Waals surface area contributed by atoms with E-state index in [0.717, 1.165) is 15.7 Å². The molecule has 3 rings (SSSR count). The normalized spacial score (nSPS) is 10.8. The first kappa shape index (κ1) is 13.7. The van der Waals surface area contributed by atoms with Crippen molar-refractivity contribution >= 4 is 21.6 Å². The van der Waals surface area contributed by atoms with Crippen molar-refractivity contribution in [2.24, 2.45) is 0 Å². The molecule has 0 unspecified atom stereocenters. The van der Waals surface area contributed by atoms with E-state index in [1.54, 1.807) is 0 Å². The van der Waals surface area contributed by atoms with E-state index in [9.17, 15) is 4.39 Å². The first-order valence-electron chi connectivity index (χ1n) is 6.16. The largest absolute Gasteiger partial charge is 0.398 e. The highest BCUT2D eigenvalue weighted by Crippen LogP contribution is 2.27. The van der Waals surface area contributed by atoms with E-state index in [2.05, 4.69) is 31.5 Å². The summed E-state index contributed by atoms with van der Waals surface area (Å²) in [6.07, 6.45) is 0. The van der Waals surface area contributed by atoms with Crippen LogP contribution in [0.15, 0.2) is 40.9 Å². The Morgan fingerprint density at radius 2 is 2.00 bits per heavy atom. The number of aromatic nitrogens is 4. The highest BCUT2D eigenvalue weighted by Gasteiger charge is 2.14. The van der Waals surface area contributed by atoms with Crippen LogP contribution in [0.3, 0.4) is 0 Å². The van der Waals surface area contributed by atoms with Crippen LogP contribution in [0, 0.1) is 12.7 Å². The average molecular weight is 348 g/mol. The van der Waals surface area contributed by atoms with E-state index < -0.39 is 0 Å². The van der Waals surface area contributed by atoms with Crippen LogP contribution in [-0.4, -0.2) is 20.2 Å². The monoisotopic (exact) mass is 347 g/mol. The Morgan fingerprint density at radius 3 is 2.76 bits per heavy atom. The molecule has 0 saturated heterocycles. The number of rotatable bonds is 2. The third-order valence-electron chi connectivity index (χ3n) is 3.11. The molecule has 106 valence electrons. The van der Waals surface area contributed by atoms with Gasteiger partial charge in [0.15, 0.2) is 5.82 Å². The van der Waals surface area contributed by atoms with Crippen molar-refractivity contribution in [1.29, 1.82) is 0 Å². The van der Waals surface area contributed by atoms with Crippen LogP contribution in [-0.2, 0) is 0 Å². The smallest absolute Gasteiger partial charge is 0.189 e. The summed E-state index contributed by atoms with van der Waals surface area (Å²) in [7, 11) is 0. The molecule has 1 heterocycles. The molecule has 0 atom stereocenters. The van der Waals surface area contributed by atoms with Crippen LogP contribution < -0.4 is 5.73 Å². The summed E-state index contributed by atoms with van der Waals surface area (Å²) in [6.45, 7) is 1.97. The fraction of sp³-hybridized carbons (Fsp3) is 0.0714. The van der Waals surface area contributed by atoms with Crippen molar-refractivity contribution < 1.29 is 4.39 Å². The quantitative estimate of drug-likeness (QED) is 0.723. The van der Waals surface area contributed by atoms with Crippen molar-refractivity contribution in [2.45, 2.75) is 6.92 Å². The second kappa shape index (κ2) is 5.25. The molecule has 0 aliphatic rings. The molecule has 3 aromatic rings. The SMILES string of the molecule is Cc1cc(-n2nnnc2-c2cc(F)ccc2N)ccc1Br. The molecular weight excluding hydrogens is 337 g/mol. The van der Waals surface area contributed by atoms with Gasteiger partial charge in [0.2, 0.25) is 0 Å². The summed E-state index contributed by atoms with van der Waals surface area (Å²) in [5.41, 5.74) is 8.60. The Labute approximate surface area is 128 Å². The van der Waals surface area contributed by atoms with Gasteiger partial charge in [-0.1, -0.05) is 15.9 Å². The lowest BCUT2D eigenvalue weighted by atomic mass is 10.1. The number of nitrogen functional groups attached to an aromatic ring is 1. The lowest BCUT2D eigenvalue weighted by molar-refractivity contribution is 0.628. The Hall–Kier alpha value is -2.28. The second-order valence-corrected chi connectivity index (χ2v) is 5.43. The number of halogens is 2. The van der Waals surface area contributed by atoms with Crippen LogP contribution in [0.1, 0.15) is 5.56 Å².